The van der Waals surface area contributed by atoms with E-state index in [2.05, 4.69) is 5.32 Å². The summed E-state index contributed by atoms with van der Waals surface area (Å²) in [4.78, 5) is 29.8. The molecule has 1 aliphatic heterocycles. The molecule has 11 heteroatoms. The zero-order valence-corrected chi connectivity index (χ0v) is 23.8. The molecule has 0 bridgehead atoms. The first-order chi connectivity index (χ1) is 18.7. The predicted molar refractivity (Wildman–Crippen MR) is 149 cm³/mol. The van der Waals surface area contributed by atoms with Crippen molar-refractivity contribution in [2.45, 2.75) is 52.1 Å². The van der Waals surface area contributed by atoms with Crippen LogP contribution in [0.1, 0.15) is 45.1 Å². The minimum atomic E-state index is -3.56. The number of carbonyl (C=O) groups is 2. The number of hydrogen-bond donors (Lipinski definition) is 1. The van der Waals surface area contributed by atoms with Crippen LogP contribution in [-0.2, 0) is 21.4 Å². The van der Waals surface area contributed by atoms with Gasteiger partial charge in [-0.1, -0.05) is 26.0 Å². The Hall–Kier alpha value is -3.18. The number of nitrogens with zero attached hydrogens (tertiary/aromatic N) is 3. The molecular formula is C28H39FN4O5S. The molecular weight excluding hydrogens is 523 g/mol. The number of hydrogen-bond acceptors (Lipinski definition) is 5. The zero-order chi connectivity index (χ0) is 28.4. The van der Waals surface area contributed by atoms with Gasteiger partial charge in [0.1, 0.15) is 11.6 Å². The molecule has 9 nitrogen and oxygen atoms in total. The summed E-state index contributed by atoms with van der Waals surface area (Å²) in [5, 5.41) is 2.89. The third-order valence-electron chi connectivity index (χ3n) is 6.76. The quantitative estimate of drug-likeness (QED) is 0.416. The van der Waals surface area contributed by atoms with Gasteiger partial charge in [-0.2, -0.15) is 4.31 Å². The van der Waals surface area contributed by atoms with Crippen LogP contribution in [0.15, 0.2) is 48.5 Å². The van der Waals surface area contributed by atoms with Crippen molar-refractivity contribution in [3.05, 3.63) is 59.9 Å². The molecule has 0 radical (unpaired) electrons. The van der Waals surface area contributed by atoms with Gasteiger partial charge in [0.05, 0.1) is 19.4 Å². The molecule has 0 aliphatic carbocycles. The van der Waals surface area contributed by atoms with Gasteiger partial charge < -0.3 is 19.9 Å². The third-order valence-corrected chi connectivity index (χ3v) is 8.78. The Balaban J connectivity index is 1.71. The number of urea groups is 1. The van der Waals surface area contributed by atoms with Gasteiger partial charge in [0.25, 0.3) is 0 Å². The zero-order valence-electron chi connectivity index (χ0n) is 22.9. The fraction of sp³-hybridized carbons (Fsp3) is 0.500. The second-order valence-corrected chi connectivity index (χ2v) is 11.8. The molecule has 0 spiro atoms. The number of ether oxygens (including phenoxy) is 1. The van der Waals surface area contributed by atoms with Crippen LogP contribution in [0.2, 0.25) is 0 Å². The van der Waals surface area contributed by atoms with Crippen molar-refractivity contribution in [2.24, 2.45) is 0 Å². The summed E-state index contributed by atoms with van der Waals surface area (Å²) in [6.45, 7) is 4.80. The van der Waals surface area contributed by atoms with Crippen LogP contribution in [0.25, 0.3) is 0 Å². The molecule has 1 saturated heterocycles. The lowest BCUT2D eigenvalue weighted by Gasteiger charge is -2.39. The first-order valence-corrected chi connectivity index (χ1v) is 15.0. The van der Waals surface area contributed by atoms with E-state index in [9.17, 15) is 22.4 Å². The monoisotopic (exact) mass is 562 g/mol. The lowest BCUT2D eigenvalue weighted by atomic mass is 10.0. The average molecular weight is 563 g/mol. The molecule has 1 aliphatic rings. The number of piperidine rings is 1. The topological polar surface area (TPSA) is 99.3 Å². The SMILES string of the molecule is CCCN(CC(=O)N(Cc1ccc(F)cc1)C1CCN(C(=O)Nc2ccc(OC)cc2)CC1)S(=O)(=O)CCC. The summed E-state index contributed by atoms with van der Waals surface area (Å²) >= 11 is 0. The highest BCUT2D eigenvalue weighted by Gasteiger charge is 2.32. The van der Waals surface area contributed by atoms with Crippen LogP contribution in [0.4, 0.5) is 14.9 Å². The van der Waals surface area contributed by atoms with Gasteiger partial charge >= 0.3 is 6.03 Å². The maximum absolute atomic E-state index is 13.6. The maximum atomic E-state index is 13.6. The van der Waals surface area contributed by atoms with Crippen molar-refractivity contribution in [1.29, 1.82) is 0 Å². The first-order valence-electron chi connectivity index (χ1n) is 13.4. The molecule has 0 aromatic heterocycles. The number of anilines is 1. The van der Waals surface area contributed by atoms with Crippen LogP contribution in [0.3, 0.4) is 0 Å². The minimum Gasteiger partial charge on any atom is -0.497 e. The largest absolute Gasteiger partial charge is 0.497 e. The smallest absolute Gasteiger partial charge is 0.321 e. The summed E-state index contributed by atoms with van der Waals surface area (Å²) in [5.74, 6) is 0.0147. The van der Waals surface area contributed by atoms with Crippen LogP contribution in [0, 0.1) is 5.82 Å². The van der Waals surface area contributed by atoms with E-state index in [4.69, 9.17) is 4.74 Å². The second-order valence-electron chi connectivity index (χ2n) is 9.67. The summed E-state index contributed by atoms with van der Waals surface area (Å²) in [7, 11) is -1.98. The highest BCUT2D eigenvalue weighted by molar-refractivity contribution is 7.89. The number of rotatable bonds is 12. The Bertz CT molecular complexity index is 1180. The van der Waals surface area contributed by atoms with Crippen LogP contribution < -0.4 is 10.1 Å². The van der Waals surface area contributed by atoms with E-state index in [1.807, 2.05) is 6.92 Å². The molecule has 2 aromatic carbocycles. The van der Waals surface area contributed by atoms with Gasteiger partial charge in [0.2, 0.25) is 15.9 Å². The van der Waals surface area contributed by atoms with Crippen LogP contribution in [0.5, 0.6) is 5.75 Å². The van der Waals surface area contributed by atoms with Crippen LogP contribution in [-0.4, -0.2) is 79.5 Å². The molecule has 1 N–H and O–H groups in total. The molecule has 1 fully saturated rings. The van der Waals surface area contributed by atoms with E-state index >= 15 is 0 Å². The van der Waals surface area contributed by atoms with E-state index in [0.717, 1.165) is 5.56 Å². The van der Waals surface area contributed by atoms with Crippen molar-refractivity contribution >= 4 is 27.6 Å². The Morgan fingerprint density at radius 2 is 1.67 bits per heavy atom. The van der Waals surface area contributed by atoms with Crippen molar-refractivity contribution in [2.75, 3.05) is 44.4 Å². The Kier molecular flexibility index (Phi) is 11.1. The number of nitrogens with one attached hydrogen (secondary N) is 1. The molecule has 0 saturated carbocycles. The van der Waals surface area contributed by atoms with Gasteiger partial charge in [-0.25, -0.2) is 17.6 Å². The minimum absolute atomic E-state index is 0.0140. The van der Waals surface area contributed by atoms with Gasteiger partial charge in [0.15, 0.2) is 0 Å². The molecule has 0 atom stereocenters. The Labute approximate surface area is 231 Å². The maximum Gasteiger partial charge on any atom is 0.321 e. The van der Waals surface area contributed by atoms with E-state index < -0.39 is 10.0 Å². The Morgan fingerprint density at radius 1 is 1.03 bits per heavy atom. The van der Waals surface area contributed by atoms with E-state index in [0.29, 0.717) is 50.2 Å². The number of sulfonamides is 1. The molecule has 3 rings (SSSR count). The molecule has 39 heavy (non-hydrogen) atoms. The van der Waals surface area contributed by atoms with Crippen molar-refractivity contribution in [3.63, 3.8) is 0 Å². The summed E-state index contributed by atoms with van der Waals surface area (Å²) < 4.78 is 45.5. The highest BCUT2D eigenvalue weighted by Crippen LogP contribution is 2.22. The van der Waals surface area contributed by atoms with Gasteiger partial charge in [-0.15, -0.1) is 0 Å². The lowest BCUT2D eigenvalue weighted by Crippen LogP contribution is -2.52. The number of carbonyl (C=O) groups excluding carboxylic acids is 2. The van der Waals surface area contributed by atoms with Crippen LogP contribution >= 0.6 is 0 Å². The normalized spacial score (nSPS) is 14.3. The fourth-order valence-corrected chi connectivity index (χ4v) is 6.20. The van der Waals surface area contributed by atoms with E-state index in [1.165, 1.54) is 16.4 Å². The predicted octanol–water partition coefficient (Wildman–Crippen LogP) is 4.31. The lowest BCUT2D eigenvalue weighted by molar-refractivity contribution is -0.135. The first kappa shape index (κ1) is 30.4. The molecule has 3 amide bonds. The standard InChI is InChI=1S/C28H39FN4O5S/c1-4-16-32(39(36,37)19-5-2)21-27(34)33(20-22-6-8-23(29)9-7-22)25-14-17-31(18-15-25)28(35)30-24-10-12-26(38-3)13-11-24/h6-13,25H,4-5,14-21H2,1-3H3,(H,30,35). The van der Waals surface area contributed by atoms with Gasteiger partial charge in [-0.05, 0) is 67.6 Å². The van der Waals surface area contributed by atoms with Gasteiger partial charge in [0, 0.05) is 37.9 Å². The van der Waals surface area contributed by atoms with E-state index in [1.54, 1.807) is 60.2 Å². The van der Waals surface area contributed by atoms with Crippen molar-refractivity contribution in [3.8, 4) is 5.75 Å². The highest BCUT2D eigenvalue weighted by atomic mass is 32.2. The second kappa shape index (κ2) is 14.3. The average Bonchev–Trinajstić information content (AvgIpc) is 2.93. The number of amides is 3. The number of halogens is 1. The summed E-state index contributed by atoms with van der Waals surface area (Å²) in [5.41, 5.74) is 1.41. The van der Waals surface area contributed by atoms with E-state index in [-0.39, 0.29) is 49.2 Å². The fourth-order valence-electron chi connectivity index (χ4n) is 4.66. The third kappa shape index (κ3) is 8.66. The Morgan fingerprint density at radius 3 is 2.23 bits per heavy atom. The molecule has 1 heterocycles. The van der Waals surface area contributed by atoms with Gasteiger partial charge in [-0.3, -0.25) is 4.79 Å². The number of methoxy groups -OCH3 is 1. The molecule has 0 unspecified atom stereocenters. The molecule has 214 valence electrons. The summed E-state index contributed by atoms with van der Waals surface area (Å²) in [6.07, 6.45) is 2.14. The molecule has 2 aromatic rings. The number of benzene rings is 2. The van der Waals surface area contributed by atoms with Crippen molar-refractivity contribution < 1.29 is 27.1 Å². The van der Waals surface area contributed by atoms with Crippen molar-refractivity contribution in [1.82, 2.24) is 14.1 Å². The number of likely N-dealkylation sites (tertiary alicyclic amines) is 1. The summed E-state index contributed by atoms with van der Waals surface area (Å²) in [6, 6.07) is 12.6.